The second kappa shape index (κ2) is 8.06. The lowest BCUT2D eigenvalue weighted by molar-refractivity contribution is -0.129. The molecule has 0 saturated carbocycles. The summed E-state index contributed by atoms with van der Waals surface area (Å²) in [5.41, 5.74) is 2.05. The average Bonchev–Trinajstić information content (AvgIpc) is 2.67. The molecule has 1 atom stereocenters. The van der Waals surface area contributed by atoms with Gasteiger partial charge in [0.05, 0.1) is 19.6 Å². The first kappa shape index (κ1) is 20.6. The Balaban J connectivity index is 1.85. The van der Waals surface area contributed by atoms with Crippen molar-refractivity contribution in [3.63, 3.8) is 0 Å². The fourth-order valence-electron chi connectivity index (χ4n) is 3.28. The molecule has 1 aliphatic heterocycles. The van der Waals surface area contributed by atoms with E-state index in [-0.39, 0.29) is 34.6 Å². The predicted octanol–water partition coefficient (Wildman–Crippen LogP) is 2.25. The summed E-state index contributed by atoms with van der Waals surface area (Å²) in [7, 11) is -2.70. The average molecular weight is 415 g/mol. The molecule has 1 heterocycles. The van der Waals surface area contributed by atoms with Crippen molar-refractivity contribution in [3.05, 3.63) is 59.8 Å². The topological polar surface area (TPSA) is 119 Å². The Hall–Kier alpha value is -3.17. The minimum atomic E-state index is -4.03. The predicted molar refractivity (Wildman–Crippen MR) is 108 cm³/mol. The number of fused-ring (bicyclic) bond motifs is 1. The number of rotatable bonds is 5. The first-order valence-corrected chi connectivity index (χ1v) is 10.3. The van der Waals surface area contributed by atoms with E-state index in [2.05, 4.69) is 5.32 Å². The van der Waals surface area contributed by atoms with Gasteiger partial charge >= 0.3 is 0 Å². The van der Waals surface area contributed by atoms with Crippen LogP contribution in [0.15, 0.2) is 53.6 Å². The maximum absolute atomic E-state index is 12.7. The van der Waals surface area contributed by atoms with E-state index in [1.54, 1.807) is 6.20 Å². The number of sulfonamides is 1. The van der Waals surface area contributed by atoms with Crippen molar-refractivity contribution in [1.82, 2.24) is 4.90 Å². The van der Waals surface area contributed by atoms with Gasteiger partial charge in [0, 0.05) is 18.8 Å². The van der Waals surface area contributed by atoms with Crippen molar-refractivity contribution in [1.29, 1.82) is 0 Å². The standard InChI is InChI=1S/C20H21N3O5S/c1-13(24)23-10-9-14-5-3-4-6-16(14)17(23)12-20(25)22-15-7-8-18(28-2)19(11-15)29(21,26)27/h3-11,17H,12H2,1-2H3,(H,22,25)(H2,21,26,27)/t17-/m0/s1. The Kier molecular flexibility index (Phi) is 5.71. The van der Waals surface area contributed by atoms with Crippen LogP contribution in [0.3, 0.4) is 0 Å². The Bertz CT molecular complexity index is 1100. The number of methoxy groups -OCH3 is 1. The number of nitrogens with two attached hydrogens (primary N) is 1. The van der Waals surface area contributed by atoms with Crippen LogP contribution in [0.4, 0.5) is 5.69 Å². The fraction of sp³-hybridized carbons (Fsp3) is 0.200. The highest BCUT2D eigenvalue weighted by Crippen LogP contribution is 2.33. The second-order valence-electron chi connectivity index (χ2n) is 6.55. The minimum Gasteiger partial charge on any atom is -0.495 e. The van der Waals surface area contributed by atoms with Gasteiger partial charge in [0.25, 0.3) is 0 Å². The molecular weight excluding hydrogens is 394 g/mol. The molecule has 3 rings (SSSR count). The lowest BCUT2D eigenvalue weighted by Gasteiger charge is -2.32. The quantitative estimate of drug-likeness (QED) is 0.776. The highest BCUT2D eigenvalue weighted by atomic mass is 32.2. The molecule has 8 nitrogen and oxygen atoms in total. The van der Waals surface area contributed by atoms with Crippen LogP contribution in [0, 0.1) is 0 Å². The number of carbonyl (C=O) groups excluding carboxylic acids is 2. The van der Waals surface area contributed by atoms with E-state index in [1.165, 1.54) is 37.1 Å². The third-order valence-corrected chi connectivity index (χ3v) is 5.53. The molecule has 0 aliphatic carbocycles. The number of hydrogen-bond acceptors (Lipinski definition) is 5. The number of nitrogens with one attached hydrogen (secondary N) is 1. The van der Waals surface area contributed by atoms with Gasteiger partial charge in [0.1, 0.15) is 10.6 Å². The van der Waals surface area contributed by atoms with Gasteiger partial charge in [-0.25, -0.2) is 13.6 Å². The molecule has 2 aromatic carbocycles. The lowest BCUT2D eigenvalue weighted by Crippen LogP contribution is -2.33. The Labute approximate surface area is 169 Å². The van der Waals surface area contributed by atoms with Gasteiger partial charge in [-0.2, -0.15) is 0 Å². The number of benzene rings is 2. The van der Waals surface area contributed by atoms with Crippen LogP contribution in [0.1, 0.15) is 30.5 Å². The van der Waals surface area contributed by atoms with Gasteiger partial charge in [-0.05, 0) is 35.4 Å². The number of primary sulfonamides is 1. The van der Waals surface area contributed by atoms with E-state index in [4.69, 9.17) is 9.88 Å². The molecule has 9 heteroatoms. The molecule has 1 aliphatic rings. The molecule has 0 bridgehead atoms. The third-order valence-electron chi connectivity index (χ3n) is 4.60. The SMILES string of the molecule is COc1ccc(NC(=O)C[C@H]2c3ccccc3C=CN2C(C)=O)cc1S(N)(=O)=O. The van der Waals surface area contributed by atoms with Crippen molar-refractivity contribution in [2.45, 2.75) is 24.3 Å². The van der Waals surface area contributed by atoms with Gasteiger partial charge in [0.2, 0.25) is 21.8 Å². The van der Waals surface area contributed by atoms with E-state index in [0.29, 0.717) is 0 Å². The molecule has 0 radical (unpaired) electrons. The summed E-state index contributed by atoms with van der Waals surface area (Å²) in [4.78, 5) is 26.0. The van der Waals surface area contributed by atoms with Crippen molar-refractivity contribution in [3.8, 4) is 5.75 Å². The van der Waals surface area contributed by atoms with E-state index >= 15 is 0 Å². The summed E-state index contributed by atoms with van der Waals surface area (Å²) in [6, 6.07) is 11.2. The molecule has 0 aromatic heterocycles. The van der Waals surface area contributed by atoms with Crippen LogP contribution >= 0.6 is 0 Å². The van der Waals surface area contributed by atoms with E-state index in [0.717, 1.165) is 11.1 Å². The van der Waals surface area contributed by atoms with Gasteiger partial charge in [-0.1, -0.05) is 24.3 Å². The molecular formula is C20H21N3O5S. The van der Waals surface area contributed by atoms with Crippen LogP contribution in [0.25, 0.3) is 6.08 Å². The van der Waals surface area contributed by atoms with E-state index in [9.17, 15) is 18.0 Å². The first-order valence-electron chi connectivity index (χ1n) is 8.77. The molecule has 2 amide bonds. The summed E-state index contributed by atoms with van der Waals surface area (Å²) in [6.45, 7) is 1.44. The van der Waals surface area contributed by atoms with Gasteiger partial charge < -0.3 is 15.0 Å². The van der Waals surface area contributed by atoms with E-state index < -0.39 is 16.1 Å². The normalized spacial score (nSPS) is 15.6. The number of anilines is 1. The fourth-order valence-corrected chi connectivity index (χ4v) is 4.00. The van der Waals surface area contributed by atoms with Crippen LogP contribution in [0.2, 0.25) is 0 Å². The zero-order valence-corrected chi connectivity index (χ0v) is 16.8. The smallest absolute Gasteiger partial charge is 0.241 e. The first-order chi connectivity index (χ1) is 13.7. The molecule has 3 N–H and O–H groups in total. The summed E-state index contributed by atoms with van der Waals surface area (Å²) < 4.78 is 28.5. The number of amides is 2. The van der Waals surface area contributed by atoms with Crippen LogP contribution in [-0.4, -0.2) is 32.2 Å². The number of ether oxygens (including phenoxy) is 1. The molecule has 0 unspecified atom stereocenters. The summed E-state index contributed by atoms with van der Waals surface area (Å²) >= 11 is 0. The summed E-state index contributed by atoms with van der Waals surface area (Å²) in [5, 5.41) is 7.88. The van der Waals surface area contributed by atoms with Crippen molar-refractivity contribution < 1.29 is 22.7 Å². The Morgan fingerprint density at radius 2 is 1.93 bits per heavy atom. The van der Waals surface area contributed by atoms with Gasteiger partial charge in [-0.3, -0.25) is 9.59 Å². The second-order valence-corrected chi connectivity index (χ2v) is 8.08. The van der Waals surface area contributed by atoms with Crippen LogP contribution in [-0.2, 0) is 19.6 Å². The molecule has 0 fully saturated rings. The highest BCUT2D eigenvalue weighted by Gasteiger charge is 2.28. The third kappa shape index (κ3) is 4.47. The largest absolute Gasteiger partial charge is 0.495 e. The zero-order valence-electron chi connectivity index (χ0n) is 16.0. The van der Waals surface area contributed by atoms with E-state index in [1.807, 2.05) is 30.3 Å². The van der Waals surface area contributed by atoms with Crippen molar-refractivity contribution in [2.24, 2.45) is 5.14 Å². The van der Waals surface area contributed by atoms with Crippen molar-refractivity contribution in [2.75, 3.05) is 12.4 Å². The van der Waals surface area contributed by atoms with Gasteiger partial charge in [0.15, 0.2) is 0 Å². The van der Waals surface area contributed by atoms with Gasteiger partial charge in [-0.15, -0.1) is 0 Å². The maximum atomic E-state index is 12.7. The zero-order chi connectivity index (χ0) is 21.2. The molecule has 2 aromatic rings. The monoisotopic (exact) mass is 415 g/mol. The highest BCUT2D eigenvalue weighted by molar-refractivity contribution is 7.89. The number of hydrogen-bond donors (Lipinski definition) is 2. The molecule has 0 spiro atoms. The molecule has 29 heavy (non-hydrogen) atoms. The number of carbonyl (C=O) groups is 2. The van der Waals surface area contributed by atoms with Crippen molar-refractivity contribution >= 4 is 33.6 Å². The minimum absolute atomic E-state index is 0.00231. The summed E-state index contributed by atoms with van der Waals surface area (Å²) in [5.74, 6) is -0.481. The van der Waals surface area contributed by atoms with Crippen LogP contribution < -0.4 is 15.2 Å². The Morgan fingerprint density at radius 3 is 2.59 bits per heavy atom. The van der Waals surface area contributed by atoms with Crippen LogP contribution in [0.5, 0.6) is 5.75 Å². The number of nitrogens with zero attached hydrogens (tertiary/aromatic N) is 1. The lowest BCUT2D eigenvalue weighted by atomic mass is 9.93. The Morgan fingerprint density at radius 1 is 1.21 bits per heavy atom. The summed E-state index contributed by atoms with van der Waals surface area (Å²) in [6.07, 6.45) is 3.49. The molecule has 0 saturated heterocycles. The molecule has 152 valence electrons. The maximum Gasteiger partial charge on any atom is 0.241 e.